The predicted molar refractivity (Wildman–Crippen MR) is 47.5 cm³/mol. The molecular weight excluding hydrogens is 226 g/mol. The van der Waals surface area contributed by atoms with E-state index in [0.717, 1.165) is 0 Å². The minimum atomic E-state index is -2.04. The zero-order valence-electron chi connectivity index (χ0n) is 6.64. The number of ether oxygens (including phenoxy) is 2. The molecule has 0 bridgehead atoms. The SMILES string of the molecule is CCOC(C)OC(=O)C(Cl)(Cl)Cl. The van der Waals surface area contributed by atoms with Crippen molar-refractivity contribution in [2.45, 2.75) is 23.9 Å². The van der Waals surface area contributed by atoms with Crippen LogP contribution in [0.1, 0.15) is 13.8 Å². The first kappa shape index (κ1) is 12.3. The number of carbonyl (C=O) groups excluding carboxylic acids is 1. The average molecular weight is 235 g/mol. The Bertz CT molecular complexity index is 155. The van der Waals surface area contributed by atoms with Crippen molar-refractivity contribution < 1.29 is 14.3 Å². The highest BCUT2D eigenvalue weighted by Gasteiger charge is 2.33. The lowest BCUT2D eigenvalue weighted by molar-refractivity contribution is -0.172. The maximum Gasteiger partial charge on any atom is 0.360 e. The molecule has 0 radical (unpaired) electrons. The molecule has 12 heavy (non-hydrogen) atoms. The third kappa shape index (κ3) is 5.04. The molecule has 0 spiro atoms. The largest absolute Gasteiger partial charge is 0.433 e. The van der Waals surface area contributed by atoms with Gasteiger partial charge in [0.15, 0.2) is 6.29 Å². The van der Waals surface area contributed by atoms with Gasteiger partial charge in [0, 0.05) is 6.61 Å². The second-order valence-corrected chi connectivity index (χ2v) is 4.21. The third-order valence-electron chi connectivity index (χ3n) is 0.906. The summed E-state index contributed by atoms with van der Waals surface area (Å²) < 4.78 is 7.45. The Kier molecular flexibility index (Phi) is 5.25. The summed E-state index contributed by atoms with van der Waals surface area (Å²) >= 11 is 15.7. The molecule has 0 aliphatic carbocycles. The van der Waals surface area contributed by atoms with E-state index in [1.165, 1.54) is 6.92 Å². The van der Waals surface area contributed by atoms with Gasteiger partial charge in [-0.1, -0.05) is 34.8 Å². The molecule has 0 amide bonds. The summed E-state index contributed by atoms with van der Waals surface area (Å²) in [5, 5.41) is 0. The monoisotopic (exact) mass is 234 g/mol. The lowest BCUT2D eigenvalue weighted by Gasteiger charge is -2.15. The Morgan fingerprint density at radius 2 is 2.00 bits per heavy atom. The normalized spacial score (nSPS) is 14.1. The maximum absolute atomic E-state index is 10.9. The Balaban J connectivity index is 3.85. The molecule has 0 aromatic carbocycles. The molecule has 6 heteroatoms. The smallest absolute Gasteiger partial charge is 0.360 e. The second kappa shape index (κ2) is 5.12. The summed E-state index contributed by atoms with van der Waals surface area (Å²) in [6, 6.07) is 0. The van der Waals surface area contributed by atoms with Crippen LogP contribution >= 0.6 is 34.8 Å². The molecule has 1 unspecified atom stereocenters. The summed E-state index contributed by atoms with van der Waals surface area (Å²) in [7, 11) is 0. The Morgan fingerprint density at radius 1 is 1.50 bits per heavy atom. The van der Waals surface area contributed by atoms with E-state index in [9.17, 15) is 4.79 Å². The van der Waals surface area contributed by atoms with E-state index in [1.807, 2.05) is 0 Å². The van der Waals surface area contributed by atoms with E-state index >= 15 is 0 Å². The van der Waals surface area contributed by atoms with E-state index in [-0.39, 0.29) is 0 Å². The summed E-state index contributed by atoms with van der Waals surface area (Å²) in [6.07, 6.45) is -0.696. The molecule has 3 nitrogen and oxygen atoms in total. The van der Waals surface area contributed by atoms with Crippen molar-refractivity contribution in [2.24, 2.45) is 0 Å². The summed E-state index contributed by atoms with van der Waals surface area (Å²) in [5.41, 5.74) is 0. The number of hydrogen-bond donors (Lipinski definition) is 0. The molecule has 0 rings (SSSR count). The zero-order chi connectivity index (χ0) is 9.78. The third-order valence-corrected chi connectivity index (χ3v) is 1.37. The summed E-state index contributed by atoms with van der Waals surface area (Å²) in [6.45, 7) is 3.73. The van der Waals surface area contributed by atoms with Gasteiger partial charge in [0.1, 0.15) is 0 Å². The average Bonchev–Trinajstić information content (AvgIpc) is 1.85. The van der Waals surface area contributed by atoms with Crippen LogP contribution in [-0.2, 0) is 14.3 Å². The molecule has 0 aromatic rings. The summed E-state index contributed by atoms with van der Waals surface area (Å²) in [5.74, 6) is -0.937. The zero-order valence-corrected chi connectivity index (χ0v) is 8.91. The number of hydrogen-bond acceptors (Lipinski definition) is 3. The van der Waals surface area contributed by atoms with Crippen molar-refractivity contribution >= 4 is 40.8 Å². The van der Waals surface area contributed by atoms with Gasteiger partial charge in [-0.15, -0.1) is 0 Å². The predicted octanol–water partition coefficient (Wildman–Crippen LogP) is 2.28. The van der Waals surface area contributed by atoms with Crippen molar-refractivity contribution in [1.29, 1.82) is 0 Å². The lowest BCUT2D eigenvalue weighted by Crippen LogP contribution is -2.27. The van der Waals surface area contributed by atoms with Crippen LogP contribution in [0.25, 0.3) is 0 Å². The van der Waals surface area contributed by atoms with Gasteiger partial charge in [-0.3, -0.25) is 0 Å². The van der Waals surface area contributed by atoms with Crippen molar-refractivity contribution in [3.63, 3.8) is 0 Å². The molecule has 0 aliphatic rings. The van der Waals surface area contributed by atoms with Crippen LogP contribution in [0.4, 0.5) is 0 Å². The van der Waals surface area contributed by atoms with E-state index < -0.39 is 16.1 Å². The van der Waals surface area contributed by atoms with Crippen LogP contribution in [0.5, 0.6) is 0 Å². The Labute approximate surface area is 85.9 Å². The van der Waals surface area contributed by atoms with E-state index in [2.05, 4.69) is 4.74 Å². The molecule has 72 valence electrons. The minimum absolute atomic E-state index is 0.425. The fraction of sp³-hybridized carbons (Fsp3) is 0.833. The fourth-order valence-electron chi connectivity index (χ4n) is 0.486. The number of halogens is 3. The van der Waals surface area contributed by atoms with Crippen LogP contribution in [0.3, 0.4) is 0 Å². The van der Waals surface area contributed by atoms with E-state index in [0.29, 0.717) is 6.61 Å². The number of esters is 1. The van der Waals surface area contributed by atoms with E-state index in [4.69, 9.17) is 39.5 Å². The van der Waals surface area contributed by atoms with Gasteiger partial charge in [-0.05, 0) is 13.8 Å². The van der Waals surface area contributed by atoms with Crippen molar-refractivity contribution in [1.82, 2.24) is 0 Å². The van der Waals surface area contributed by atoms with Crippen LogP contribution in [-0.4, -0.2) is 22.7 Å². The topological polar surface area (TPSA) is 35.5 Å². The lowest BCUT2D eigenvalue weighted by atomic mass is 10.7. The van der Waals surface area contributed by atoms with Crippen molar-refractivity contribution in [3.05, 3.63) is 0 Å². The van der Waals surface area contributed by atoms with Crippen LogP contribution in [0.15, 0.2) is 0 Å². The molecule has 0 fully saturated rings. The van der Waals surface area contributed by atoms with E-state index in [1.54, 1.807) is 6.92 Å². The maximum atomic E-state index is 10.9. The standard InChI is InChI=1S/C6H9Cl3O3/c1-3-11-4(2)12-5(10)6(7,8)9/h4H,3H2,1-2H3. The molecule has 0 aromatic heterocycles. The number of rotatable bonds is 3. The highest BCUT2D eigenvalue weighted by molar-refractivity contribution is 6.75. The second-order valence-electron chi connectivity index (χ2n) is 1.93. The molecule has 1 atom stereocenters. The fourth-order valence-corrected chi connectivity index (χ4v) is 0.620. The highest BCUT2D eigenvalue weighted by atomic mass is 35.6. The minimum Gasteiger partial charge on any atom is -0.433 e. The van der Waals surface area contributed by atoms with Crippen LogP contribution < -0.4 is 0 Å². The number of carbonyl (C=O) groups is 1. The van der Waals surface area contributed by atoms with Gasteiger partial charge in [0.25, 0.3) is 3.79 Å². The molecule has 0 saturated heterocycles. The van der Waals surface area contributed by atoms with Crippen LogP contribution in [0.2, 0.25) is 0 Å². The first-order chi connectivity index (χ1) is 5.38. The van der Waals surface area contributed by atoms with Crippen molar-refractivity contribution in [2.75, 3.05) is 6.61 Å². The first-order valence-corrected chi connectivity index (χ1v) is 4.40. The quantitative estimate of drug-likeness (QED) is 0.428. The highest BCUT2D eigenvalue weighted by Crippen LogP contribution is 2.27. The van der Waals surface area contributed by atoms with Crippen molar-refractivity contribution in [3.8, 4) is 0 Å². The van der Waals surface area contributed by atoms with Gasteiger partial charge in [0.2, 0.25) is 0 Å². The van der Waals surface area contributed by atoms with Gasteiger partial charge < -0.3 is 9.47 Å². The molecule has 0 saturated carbocycles. The molecule has 0 heterocycles. The molecular formula is C6H9Cl3O3. The van der Waals surface area contributed by atoms with Gasteiger partial charge in [-0.25, -0.2) is 4.79 Å². The van der Waals surface area contributed by atoms with Gasteiger partial charge in [0.05, 0.1) is 0 Å². The Morgan fingerprint density at radius 3 is 2.33 bits per heavy atom. The Hall–Kier alpha value is 0.300. The van der Waals surface area contributed by atoms with Crippen LogP contribution in [0, 0.1) is 0 Å². The van der Waals surface area contributed by atoms with Gasteiger partial charge in [-0.2, -0.15) is 0 Å². The molecule has 0 N–H and O–H groups in total. The van der Waals surface area contributed by atoms with Gasteiger partial charge >= 0.3 is 5.97 Å². The first-order valence-electron chi connectivity index (χ1n) is 3.27. The number of alkyl halides is 3. The molecule has 0 aliphatic heterocycles. The summed E-state index contributed by atoms with van der Waals surface area (Å²) in [4.78, 5) is 10.9.